The number of nitrogens with one attached hydrogen (secondary N) is 2. The first-order valence-electron chi connectivity index (χ1n) is 6.46. The zero-order valence-corrected chi connectivity index (χ0v) is 11.4. The molecule has 6 heteroatoms. The number of carbonyl (C=O) groups is 1. The summed E-state index contributed by atoms with van der Waals surface area (Å²) in [5.74, 6) is 0. The van der Waals surface area contributed by atoms with Crippen LogP contribution in [-0.4, -0.2) is 12.2 Å². The summed E-state index contributed by atoms with van der Waals surface area (Å²) in [6.45, 7) is 1.83. The molecule has 1 unspecified atom stereocenters. The van der Waals surface area contributed by atoms with Crippen LogP contribution in [0.15, 0.2) is 41.6 Å². The van der Waals surface area contributed by atoms with Crippen molar-refractivity contribution in [2.45, 2.75) is 26.1 Å². The molecule has 0 heterocycles. The fraction of sp³-hybridized carbons (Fsp3) is 0.267. The van der Waals surface area contributed by atoms with Crippen molar-refractivity contribution in [3.63, 3.8) is 0 Å². The van der Waals surface area contributed by atoms with Crippen molar-refractivity contribution < 1.29 is 18.0 Å². The fourth-order valence-electron chi connectivity index (χ4n) is 1.98. The molecule has 2 rings (SSSR count). The van der Waals surface area contributed by atoms with Gasteiger partial charge in [-0.05, 0) is 29.7 Å². The number of hydrogen-bond donors (Lipinski definition) is 2. The van der Waals surface area contributed by atoms with Gasteiger partial charge in [0.15, 0.2) is 0 Å². The molecule has 1 atom stereocenters. The van der Waals surface area contributed by atoms with E-state index in [1.807, 2.05) is 0 Å². The lowest BCUT2D eigenvalue weighted by molar-refractivity contribution is 0.239. The third-order valence-corrected chi connectivity index (χ3v) is 3.27. The first-order chi connectivity index (χ1) is 9.95. The second-order valence-corrected chi connectivity index (χ2v) is 4.82. The molecule has 1 aliphatic rings. The first-order valence-corrected chi connectivity index (χ1v) is 6.46. The molecular weight excluding hydrogens is 281 g/mol. The second-order valence-electron chi connectivity index (χ2n) is 4.82. The molecule has 0 fully saturated rings. The molecule has 1 aromatic rings. The van der Waals surface area contributed by atoms with Crippen molar-refractivity contribution in [3.8, 4) is 0 Å². The number of halogens is 3. The summed E-state index contributed by atoms with van der Waals surface area (Å²) >= 11 is 0. The van der Waals surface area contributed by atoms with Crippen LogP contribution in [0.2, 0.25) is 0 Å². The van der Waals surface area contributed by atoms with Gasteiger partial charge in [0.2, 0.25) is 0 Å². The van der Waals surface area contributed by atoms with Crippen molar-refractivity contribution in [1.29, 1.82) is 0 Å². The average Bonchev–Trinajstić information content (AvgIpc) is 2.44. The Morgan fingerprint density at radius 3 is 2.81 bits per heavy atom. The molecule has 0 aromatic heterocycles. The minimum Gasteiger partial charge on any atom is -0.334 e. The van der Waals surface area contributed by atoms with E-state index < -0.39 is 18.3 Å². The molecule has 112 valence electrons. The number of urea groups is 1. The van der Waals surface area contributed by atoms with E-state index in [4.69, 9.17) is 0 Å². The normalized spacial score (nSPS) is 17.0. The van der Waals surface area contributed by atoms with Crippen LogP contribution in [-0.2, 0) is 6.54 Å². The van der Waals surface area contributed by atoms with E-state index in [1.54, 1.807) is 31.2 Å². The zero-order valence-electron chi connectivity index (χ0n) is 11.4. The first kappa shape index (κ1) is 15.2. The number of hydrogen-bond acceptors (Lipinski definition) is 1. The number of carbonyl (C=O) groups excluding carboxylic acids is 1. The van der Waals surface area contributed by atoms with Crippen LogP contribution in [0.5, 0.6) is 0 Å². The van der Waals surface area contributed by atoms with Crippen LogP contribution in [0.3, 0.4) is 0 Å². The van der Waals surface area contributed by atoms with Gasteiger partial charge in [0.05, 0.1) is 0 Å². The molecule has 0 bridgehead atoms. The minimum absolute atomic E-state index is 0.201. The Morgan fingerprint density at radius 2 is 2.19 bits per heavy atom. The van der Waals surface area contributed by atoms with Gasteiger partial charge < -0.3 is 10.6 Å². The average molecular weight is 296 g/mol. The second kappa shape index (κ2) is 6.47. The van der Waals surface area contributed by atoms with Gasteiger partial charge in [0, 0.05) is 24.7 Å². The fourth-order valence-corrected chi connectivity index (χ4v) is 1.98. The van der Waals surface area contributed by atoms with Crippen molar-refractivity contribution in [1.82, 2.24) is 10.6 Å². The Hall–Kier alpha value is -2.24. The van der Waals surface area contributed by atoms with E-state index in [0.29, 0.717) is 22.4 Å². The topological polar surface area (TPSA) is 41.1 Å². The van der Waals surface area contributed by atoms with Crippen molar-refractivity contribution in [2.75, 3.05) is 0 Å². The van der Waals surface area contributed by atoms with Crippen LogP contribution in [0.25, 0.3) is 6.08 Å². The molecular formula is C15H15F3N2O. The Kier molecular flexibility index (Phi) is 4.67. The largest absolute Gasteiger partial charge is 0.334 e. The molecule has 1 aromatic carbocycles. The van der Waals surface area contributed by atoms with Crippen LogP contribution in [0.1, 0.15) is 24.5 Å². The van der Waals surface area contributed by atoms with Crippen LogP contribution < -0.4 is 10.6 Å². The standard InChI is InChI=1S/C15H15F3N2O/c1-9-12(16)7-13(9)20-15(21)19-8-11-4-2-3-10(5-11)6-14(17)18/h2-6,12H,7-8H2,1H3,(H2,19,20,21). The van der Waals surface area contributed by atoms with E-state index in [-0.39, 0.29) is 13.0 Å². The minimum atomic E-state index is -1.77. The SMILES string of the molecule is CC1=C(NC(=O)NCc2cccc(C=C(F)F)c2)CC1F. The Balaban J connectivity index is 1.88. The smallest absolute Gasteiger partial charge is 0.319 e. The summed E-state index contributed by atoms with van der Waals surface area (Å²) < 4.78 is 37.3. The van der Waals surface area contributed by atoms with E-state index in [0.717, 1.165) is 6.08 Å². The number of benzene rings is 1. The molecule has 1 aliphatic carbocycles. The van der Waals surface area contributed by atoms with E-state index >= 15 is 0 Å². The van der Waals surface area contributed by atoms with Gasteiger partial charge >= 0.3 is 6.03 Å². The maximum Gasteiger partial charge on any atom is 0.319 e. The Labute approximate surface area is 120 Å². The third-order valence-electron chi connectivity index (χ3n) is 3.27. The lowest BCUT2D eigenvalue weighted by Gasteiger charge is -2.25. The highest BCUT2D eigenvalue weighted by Gasteiger charge is 2.26. The molecule has 2 amide bonds. The predicted molar refractivity (Wildman–Crippen MR) is 74.2 cm³/mol. The Morgan fingerprint density at radius 1 is 1.43 bits per heavy atom. The lowest BCUT2D eigenvalue weighted by atomic mass is 9.94. The molecule has 0 saturated heterocycles. The number of allylic oxidation sites excluding steroid dienone is 2. The summed E-state index contributed by atoms with van der Waals surface area (Å²) in [4.78, 5) is 11.6. The van der Waals surface area contributed by atoms with Crippen LogP contribution in [0.4, 0.5) is 18.0 Å². The number of rotatable bonds is 4. The maximum absolute atomic E-state index is 12.9. The molecule has 21 heavy (non-hydrogen) atoms. The molecule has 0 aliphatic heterocycles. The summed E-state index contributed by atoms with van der Waals surface area (Å²) in [7, 11) is 0. The van der Waals surface area contributed by atoms with E-state index in [9.17, 15) is 18.0 Å². The number of amides is 2. The van der Waals surface area contributed by atoms with Gasteiger partial charge in [0.1, 0.15) is 6.17 Å². The quantitative estimate of drug-likeness (QED) is 0.873. The van der Waals surface area contributed by atoms with Crippen LogP contribution in [0, 0.1) is 0 Å². The molecule has 0 radical (unpaired) electrons. The lowest BCUT2D eigenvalue weighted by Crippen LogP contribution is -2.39. The van der Waals surface area contributed by atoms with Gasteiger partial charge in [-0.15, -0.1) is 0 Å². The summed E-state index contributed by atoms with van der Waals surface area (Å²) in [6, 6.07) is 6.03. The van der Waals surface area contributed by atoms with Crippen LogP contribution >= 0.6 is 0 Å². The molecule has 3 nitrogen and oxygen atoms in total. The molecule has 2 N–H and O–H groups in total. The highest BCUT2D eigenvalue weighted by atomic mass is 19.3. The molecule has 0 saturated carbocycles. The van der Waals surface area contributed by atoms with Gasteiger partial charge in [-0.25, -0.2) is 9.18 Å². The van der Waals surface area contributed by atoms with E-state index in [2.05, 4.69) is 10.6 Å². The van der Waals surface area contributed by atoms with Crippen molar-refractivity contribution in [2.24, 2.45) is 0 Å². The van der Waals surface area contributed by atoms with Crippen molar-refractivity contribution >= 4 is 12.1 Å². The monoisotopic (exact) mass is 296 g/mol. The van der Waals surface area contributed by atoms with Gasteiger partial charge in [0.25, 0.3) is 6.08 Å². The predicted octanol–water partition coefficient (Wildman–Crippen LogP) is 3.74. The Bertz CT molecular complexity index is 607. The van der Waals surface area contributed by atoms with Crippen molar-refractivity contribution in [3.05, 3.63) is 52.7 Å². The number of alkyl halides is 1. The molecule has 0 spiro atoms. The highest BCUT2D eigenvalue weighted by molar-refractivity contribution is 5.76. The highest BCUT2D eigenvalue weighted by Crippen LogP contribution is 2.28. The van der Waals surface area contributed by atoms with Gasteiger partial charge in [-0.2, -0.15) is 8.78 Å². The third kappa shape index (κ3) is 4.11. The van der Waals surface area contributed by atoms with E-state index in [1.165, 1.54) is 0 Å². The van der Waals surface area contributed by atoms with Gasteiger partial charge in [-0.3, -0.25) is 0 Å². The van der Waals surface area contributed by atoms with Gasteiger partial charge in [-0.1, -0.05) is 18.2 Å². The summed E-state index contributed by atoms with van der Waals surface area (Å²) in [6.07, 6.45) is -1.77. The zero-order chi connectivity index (χ0) is 15.4. The summed E-state index contributed by atoms with van der Waals surface area (Å²) in [5.41, 5.74) is 2.20. The maximum atomic E-state index is 12.9. The summed E-state index contributed by atoms with van der Waals surface area (Å²) in [5, 5.41) is 5.17.